The molecule has 0 radical (unpaired) electrons. The molecule has 0 saturated carbocycles. The van der Waals surface area contributed by atoms with Crippen molar-refractivity contribution in [3.05, 3.63) is 24.2 Å². The molecule has 0 saturated heterocycles. The van der Waals surface area contributed by atoms with Gasteiger partial charge in [0.05, 0.1) is 0 Å². The fourth-order valence-electron chi connectivity index (χ4n) is 0.868. The lowest BCUT2D eigenvalue weighted by atomic mass is 10.3. The molecule has 0 spiro atoms. The summed E-state index contributed by atoms with van der Waals surface area (Å²) in [6.07, 6.45) is 4.09. The average molecular weight is 155 g/mol. The topological polar surface area (TPSA) is 56.9 Å². The molecule has 0 atom stereocenters. The molecule has 0 aliphatic carbocycles. The van der Waals surface area contributed by atoms with Crippen LogP contribution in [0.4, 0.5) is 4.39 Å². The molecule has 0 aromatic rings. The van der Waals surface area contributed by atoms with Crippen molar-refractivity contribution >= 4 is 5.84 Å². The number of halogens is 1. The molecule has 2 rings (SSSR count). The molecule has 0 unspecified atom stereocenters. The number of hydrazone groups is 1. The van der Waals surface area contributed by atoms with E-state index in [4.69, 9.17) is 5.84 Å². The number of fused-ring (bicyclic) bond motifs is 1. The predicted octanol–water partition coefficient (Wildman–Crippen LogP) is -0.408. The Morgan fingerprint density at radius 2 is 2.45 bits per heavy atom. The maximum Gasteiger partial charge on any atom is 0.174 e. The first-order valence-electron chi connectivity index (χ1n) is 3.00. The highest BCUT2D eigenvalue weighted by atomic mass is 19.1. The number of hydrogen-bond donors (Lipinski definition) is 2. The van der Waals surface area contributed by atoms with E-state index in [1.54, 1.807) is 0 Å². The zero-order chi connectivity index (χ0) is 7.84. The van der Waals surface area contributed by atoms with Crippen molar-refractivity contribution in [1.29, 1.82) is 0 Å². The molecule has 11 heavy (non-hydrogen) atoms. The molecule has 0 amide bonds. The summed E-state index contributed by atoms with van der Waals surface area (Å²) in [5.41, 5.74) is 2.62. The van der Waals surface area contributed by atoms with Crippen LogP contribution in [0, 0.1) is 0 Å². The van der Waals surface area contributed by atoms with Gasteiger partial charge in [-0.25, -0.2) is 15.2 Å². The molecule has 5 nitrogen and oxygen atoms in total. The van der Waals surface area contributed by atoms with Gasteiger partial charge in [0.2, 0.25) is 0 Å². The first kappa shape index (κ1) is 6.32. The summed E-state index contributed by atoms with van der Waals surface area (Å²) in [5.74, 6) is 5.35. The number of allylic oxidation sites excluding steroid dienone is 2. The molecule has 2 aliphatic rings. The standard InChI is InChI=1S/C5H6FN5/c6-4-1-2-10-5(3-4)8-11(7)9-10/h1-3,9H,7H2. The molecule has 0 aromatic carbocycles. The van der Waals surface area contributed by atoms with Crippen LogP contribution in [0.2, 0.25) is 0 Å². The highest BCUT2D eigenvalue weighted by Gasteiger charge is 2.19. The van der Waals surface area contributed by atoms with Crippen molar-refractivity contribution in [2.75, 3.05) is 0 Å². The Balaban J connectivity index is 2.31. The van der Waals surface area contributed by atoms with Gasteiger partial charge in [-0.3, -0.25) is 0 Å². The van der Waals surface area contributed by atoms with E-state index in [-0.39, 0.29) is 5.83 Å². The van der Waals surface area contributed by atoms with Gasteiger partial charge in [-0.15, -0.1) is 15.9 Å². The second kappa shape index (κ2) is 2.04. The van der Waals surface area contributed by atoms with E-state index < -0.39 is 0 Å². The van der Waals surface area contributed by atoms with Gasteiger partial charge in [-0.05, 0) is 6.08 Å². The lowest BCUT2D eigenvalue weighted by Gasteiger charge is -2.15. The van der Waals surface area contributed by atoms with E-state index in [1.165, 1.54) is 23.4 Å². The highest BCUT2D eigenvalue weighted by Crippen LogP contribution is 2.11. The second-order valence-corrected chi connectivity index (χ2v) is 2.12. The van der Waals surface area contributed by atoms with Gasteiger partial charge in [0.1, 0.15) is 5.83 Å². The smallest absolute Gasteiger partial charge is 0.174 e. The monoisotopic (exact) mass is 155 g/mol. The molecule has 6 heteroatoms. The number of nitrogens with zero attached hydrogens (tertiary/aromatic N) is 3. The van der Waals surface area contributed by atoms with Crippen LogP contribution in [0.5, 0.6) is 0 Å². The van der Waals surface area contributed by atoms with Gasteiger partial charge in [0, 0.05) is 12.3 Å². The first-order valence-corrected chi connectivity index (χ1v) is 3.00. The van der Waals surface area contributed by atoms with Gasteiger partial charge < -0.3 is 0 Å². The van der Waals surface area contributed by atoms with Crippen LogP contribution in [0.1, 0.15) is 0 Å². The van der Waals surface area contributed by atoms with Crippen molar-refractivity contribution in [2.24, 2.45) is 10.9 Å². The minimum atomic E-state index is -0.336. The Morgan fingerprint density at radius 1 is 1.64 bits per heavy atom. The lowest BCUT2D eigenvalue weighted by Crippen LogP contribution is -2.43. The number of nitrogens with two attached hydrogens (primary N) is 1. The van der Waals surface area contributed by atoms with E-state index in [0.717, 1.165) is 5.23 Å². The van der Waals surface area contributed by atoms with Crippen molar-refractivity contribution < 1.29 is 4.39 Å². The average Bonchev–Trinajstić information content (AvgIpc) is 2.27. The van der Waals surface area contributed by atoms with Crippen LogP contribution in [0.15, 0.2) is 29.3 Å². The largest absolute Gasteiger partial charge is 0.245 e. The van der Waals surface area contributed by atoms with Crippen molar-refractivity contribution in [1.82, 2.24) is 15.8 Å². The molecule has 58 valence electrons. The summed E-state index contributed by atoms with van der Waals surface area (Å²) in [4.78, 5) is 0. The van der Waals surface area contributed by atoms with Gasteiger partial charge in [0.25, 0.3) is 0 Å². The zero-order valence-electron chi connectivity index (χ0n) is 5.53. The third-order valence-corrected chi connectivity index (χ3v) is 1.32. The Bertz CT molecular complexity index is 268. The van der Waals surface area contributed by atoms with Gasteiger partial charge >= 0.3 is 0 Å². The molecule has 0 fully saturated rings. The summed E-state index contributed by atoms with van der Waals surface area (Å²) < 4.78 is 12.5. The van der Waals surface area contributed by atoms with Crippen molar-refractivity contribution in [3.8, 4) is 0 Å². The van der Waals surface area contributed by atoms with Gasteiger partial charge in [0.15, 0.2) is 5.84 Å². The van der Waals surface area contributed by atoms with Crippen LogP contribution in [0.25, 0.3) is 0 Å². The Kier molecular flexibility index (Phi) is 1.17. The third kappa shape index (κ3) is 0.975. The number of hydrogen-bond acceptors (Lipinski definition) is 5. The quantitative estimate of drug-likeness (QED) is 0.467. The molecule has 0 aromatic heterocycles. The summed E-state index contributed by atoms with van der Waals surface area (Å²) in [6.45, 7) is 0. The SMILES string of the molecule is NN1N=C2C=C(F)C=CN2N1. The molecule has 2 aliphatic heterocycles. The van der Waals surface area contributed by atoms with Gasteiger partial charge in [-0.2, -0.15) is 0 Å². The van der Waals surface area contributed by atoms with Crippen LogP contribution >= 0.6 is 0 Å². The Morgan fingerprint density at radius 3 is 3.27 bits per heavy atom. The Labute approximate surface area is 62.2 Å². The Hall–Kier alpha value is -1.40. The van der Waals surface area contributed by atoms with E-state index in [1.807, 2.05) is 0 Å². The summed E-state index contributed by atoms with van der Waals surface area (Å²) in [6, 6.07) is 0. The van der Waals surface area contributed by atoms with Crippen LogP contribution in [-0.4, -0.2) is 16.1 Å². The molecular weight excluding hydrogens is 149 g/mol. The highest BCUT2D eigenvalue weighted by molar-refractivity contribution is 5.95. The normalized spacial score (nSPS) is 21.6. The van der Waals surface area contributed by atoms with E-state index >= 15 is 0 Å². The number of rotatable bonds is 0. The van der Waals surface area contributed by atoms with Crippen molar-refractivity contribution in [3.63, 3.8) is 0 Å². The second-order valence-electron chi connectivity index (χ2n) is 2.12. The van der Waals surface area contributed by atoms with Crippen LogP contribution < -0.4 is 11.4 Å². The molecule has 2 heterocycles. The number of amidine groups is 1. The fraction of sp³-hybridized carbons (Fsp3) is 0. The fourth-order valence-corrected chi connectivity index (χ4v) is 0.868. The van der Waals surface area contributed by atoms with Crippen LogP contribution in [0.3, 0.4) is 0 Å². The van der Waals surface area contributed by atoms with E-state index in [0.29, 0.717) is 5.84 Å². The summed E-state index contributed by atoms with van der Waals surface area (Å²) in [5, 5.41) is 6.25. The molecular formula is C5H6FN5. The molecule has 0 bridgehead atoms. The first-order chi connectivity index (χ1) is 5.25. The zero-order valence-corrected chi connectivity index (χ0v) is 5.53. The summed E-state index contributed by atoms with van der Waals surface area (Å²) >= 11 is 0. The van der Waals surface area contributed by atoms with Crippen LogP contribution in [-0.2, 0) is 0 Å². The maximum absolute atomic E-state index is 12.5. The minimum absolute atomic E-state index is 0.336. The van der Waals surface area contributed by atoms with E-state index in [2.05, 4.69) is 10.6 Å². The molecule has 3 N–H and O–H groups in total. The predicted molar refractivity (Wildman–Crippen MR) is 36.8 cm³/mol. The van der Waals surface area contributed by atoms with Crippen molar-refractivity contribution in [2.45, 2.75) is 0 Å². The maximum atomic E-state index is 12.5. The summed E-state index contributed by atoms with van der Waals surface area (Å²) in [7, 11) is 0. The van der Waals surface area contributed by atoms with E-state index in [9.17, 15) is 4.39 Å². The number of hydrazine groups is 3. The lowest BCUT2D eigenvalue weighted by molar-refractivity contribution is 0.145. The minimum Gasteiger partial charge on any atom is -0.245 e. The third-order valence-electron chi connectivity index (χ3n) is 1.32. The number of nitrogens with one attached hydrogen (secondary N) is 1. The van der Waals surface area contributed by atoms with Gasteiger partial charge in [-0.1, -0.05) is 0 Å².